The number of rotatable bonds is 4. The van der Waals surface area contributed by atoms with Crippen LogP contribution < -0.4 is 14.5 Å². The van der Waals surface area contributed by atoms with E-state index < -0.39 is 5.82 Å². The number of piperazine rings is 1. The van der Waals surface area contributed by atoms with E-state index in [4.69, 9.17) is 4.74 Å². The molecule has 2 fully saturated rings. The molecule has 1 amide bonds. The summed E-state index contributed by atoms with van der Waals surface area (Å²) in [5, 5.41) is 8.74. The molecule has 3 heterocycles. The molecule has 4 rings (SSSR count). The fraction of sp³-hybridized carbons (Fsp3) is 0.450. The van der Waals surface area contributed by atoms with Crippen molar-refractivity contribution >= 4 is 17.5 Å². The third kappa shape index (κ3) is 3.72. The van der Waals surface area contributed by atoms with Crippen LogP contribution in [0.1, 0.15) is 23.2 Å². The molecule has 7 nitrogen and oxygen atoms in total. The van der Waals surface area contributed by atoms with Crippen LogP contribution in [-0.2, 0) is 0 Å². The normalized spacial score (nSPS) is 17.1. The van der Waals surface area contributed by atoms with E-state index in [1.807, 2.05) is 12.1 Å². The van der Waals surface area contributed by atoms with Gasteiger partial charge >= 0.3 is 0 Å². The molecule has 0 saturated carbocycles. The van der Waals surface area contributed by atoms with E-state index in [0.29, 0.717) is 31.7 Å². The highest BCUT2D eigenvalue weighted by atomic mass is 19.1. The van der Waals surface area contributed by atoms with Crippen LogP contribution in [0.2, 0.25) is 0 Å². The highest BCUT2D eigenvalue weighted by molar-refractivity contribution is 5.94. The van der Waals surface area contributed by atoms with Crippen molar-refractivity contribution in [3.8, 4) is 5.75 Å². The maximum absolute atomic E-state index is 13.9. The van der Waals surface area contributed by atoms with Crippen molar-refractivity contribution in [2.75, 3.05) is 56.2 Å². The summed E-state index contributed by atoms with van der Waals surface area (Å²) in [7, 11) is 1.40. The van der Waals surface area contributed by atoms with Gasteiger partial charge in [0.05, 0.1) is 7.11 Å². The highest BCUT2D eigenvalue weighted by Gasteiger charge is 2.24. The first-order valence-corrected chi connectivity index (χ1v) is 9.62. The number of hydrogen-bond acceptors (Lipinski definition) is 6. The third-order valence-electron chi connectivity index (χ3n) is 5.36. The average molecular weight is 385 g/mol. The first kappa shape index (κ1) is 18.5. The summed E-state index contributed by atoms with van der Waals surface area (Å²) in [4.78, 5) is 18.8. The van der Waals surface area contributed by atoms with Gasteiger partial charge < -0.3 is 19.4 Å². The second kappa shape index (κ2) is 8.00. The van der Waals surface area contributed by atoms with Crippen LogP contribution in [0.5, 0.6) is 5.75 Å². The van der Waals surface area contributed by atoms with Crippen LogP contribution >= 0.6 is 0 Å². The molecule has 0 aliphatic carbocycles. The van der Waals surface area contributed by atoms with E-state index in [-0.39, 0.29) is 11.7 Å². The Morgan fingerprint density at radius 1 is 0.929 bits per heavy atom. The molecule has 0 atom stereocenters. The Balaban J connectivity index is 1.36. The third-order valence-corrected chi connectivity index (χ3v) is 5.36. The fourth-order valence-corrected chi connectivity index (χ4v) is 3.72. The van der Waals surface area contributed by atoms with Crippen LogP contribution in [0.25, 0.3) is 0 Å². The van der Waals surface area contributed by atoms with E-state index in [2.05, 4.69) is 20.0 Å². The Morgan fingerprint density at radius 2 is 1.54 bits per heavy atom. The van der Waals surface area contributed by atoms with Crippen LogP contribution in [0.4, 0.5) is 16.0 Å². The van der Waals surface area contributed by atoms with Gasteiger partial charge in [0, 0.05) is 44.8 Å². The molecular formula is C20H24FN5O2. The molecule has 0 spiro atoms. The number of halogens is 1. The van der Waals surface area contributed by atoms with Gasteiger partial charge in [0.15, 0.2) is 23.2 Å². The Bertz CT molecular complexity index is 831. The van der Waals surface area contributed by atoms with Crippen molar-refractivity contribution in [2.24, 2.45) is 0 Å². The fourth-order valence-electron chi connectivity index (χ4n) is 3.72. The number of nitrogens with zero attached hydrogens (tertiary/aromatic N) is 5. The van der Waals surface area contributed by atoms with Gasteiger partial charge in [-0.1, -0.05) is 0 Å². The van der Waals surface area contributed by atoms with Crippen molar-refractivity contribution < 1.29 is 13.9 Å². The molecule has 2 aliphatic heterocycles. The minimum absolute atomic E-state index is 0.136. The molecular weight excluding hydrogens is 361 g/mol. The molecule has 2 aromatic rings. The molecule has 8 heteroatoms. The van der Waals surface area contributed by atoms with Crippen molar-refractivity contribution in [2.45, 2.75) is 12.8 Å². The number of anilines is 2. The Labute approximate surface area is 163 Å². The number of amides is 1. The number of methoxy groups -OCH3 is 1. The molecule has 0 bridgehead atoms. The van der Waals surface area contributed by atoms with Gasteiger partial charge in [0.25, 0.3) is 5.91 Å². The van der Waals surface area contributed by atoms with Gasteiger partial charge in [0.1, 0.15) is 0 Å². The van der Waals surface area contributed by atoms with Gasteiger partial charge in [-0.25, -0.2) is 4.39 Å². The van der Waals surface area contributed by atoms with E-state index in [0.717, 1.165) is 24.7 Å². The zero-order chi connectivity index (χ0) is 19.5. The summed E-state index contributed by atoms with van der Waals surface area (Å²) in [6.07, 6.45) is 2.41. The minimum Gasteiger partial charge on any atom is -0.494 e. The quantitative estimate of drug-likeness (QED) is 0.804. The zero-order valence-corrected chi connectivity index (χ0v) is 16.0. The predicted molar refractivity (Wildman–Crippen MR) is 105 cm³/mol. The van der Waals surface area contributed by atoms with E-state index in [1.54, 1.807) is 11.0 Å². The number of hydrogen-bond donors (Lipinski definition) is 0. The molecule has 0 unspecified atom stereocenters. The summed E-state index contributed by atoms with van der Waals surface area (Å²) in [5.74, 6) is 1.19. The van der Waals surface area contributed by atoms with Gasteiger partial charge in [-0.3, -0.25) is 4.79 Å². The van der Waals surface area contributed by atoms with Crippen LogP contribution in [0.3, 0.4) is 0 Å². The smallest absolute Gasteiger partial charge is 0.254 e. The number of carbonyl (C=O) groups is 1. The Kier molecular flexibility index (Phi) is 5.27. The van der Waals surface area contributed by atoms with Crippen LogP contribution in [-0.4, -0.2) is 67.4 Å². The largest absolute Gasteiger partial charge is 0.494 e. The lowest BCUT2D eigenvalue weighted by Gasteiger charge is -2.35. The molecule has 2 aliphatic rings. The van der Waals surface area contributed by atoms with Crippen molar-refractivity contribution in [1.82, 2.24) is 15.1 Å². The lowest BCUT2D eigenvalue weighted by Crippen LogP contribution is -2.49. The number of benzene rings is 1. The van der Waals surface area contributed by atoms with Gasteiger partial charge in [-0.15, -0.1) is 10.2 Å². The lowest BCUT2D eigenvalue weighted by atomic mass is 10.1. The molecule has 0 N–H and O–H groups in total. The predicted octanol–water partition coefficient (Wildman–Crippen LogP) is 2.19. The molecule has 28 heavy (non-hydrogen) atoms. The SMILES string of the molecule is COc1ccc(C(=O)N2CCN(c3ccc(N4CCCC4)nn3)CC2)cc1F. The molecule has 1 aromatic carbocycles. The van der Waals surface area contributed by atoms with E-state index >= 15 is 0 Å². The summed E-state index contributed by atoms with van der Waals surface area (Å²) in [5.41, 5.74) is 0.335. The Morgan fingerprint density at radius 3 is 2.07 bits per heavy atom. The summed E-state index contributed by atoms with van der Waals surface area (Å²) in [6.45, 7) is 4.54. The van der Waals surface area contributed by atoms with Gasteiger partial charge in [0.2, 0.25) is 0 Å². The van der Waals surface area contributed by atoms with Crippen LogP contribution in [0, 0.1) is 5.82 Å². The molecule has 148 valence electrons. The van der Waals surface area contributed by atoms with Crippen molar-refractivity contribution in [3.63, 3.8) is 0 Å². The minimum atomic E-state index is -0.527. The van der Waals surface area contributed by atoms with Gasteiger partial charge in [-0.05, 0) is 43.2 Å². The second-order valence-electron chi connectivity index (χ2n) is 7.07. The number of aromatic nitrogens is 2. The molecule has 1 aromatic heterocycles. The first-order valence-electron chi connectivity index (χ1n) is 9.62. The van der Waals surface area contributed by atoms with Crippen LogP contribution in [0.15, 0.2) is 30.3 Å². The lowest BCUT2D eigenvalue weighted by molar-refractivity contribution is 0.0746. The maximum atomic E-state index is 13.9. The monoisotopic (exact) mass is 385 g/mol. The number of carbonyl (C=O) groups excluding carboxylic acids is 1. The summed E-state index contributed by atoms with van der Waals surface area (Å²) < 4.78 is 18.8. The maximum Gasteiger partial charge on any atom is 0.254 e. The van der Waals surface area contributed by atoms with E-state index in [9.17, 15) is 9.18 Å². The first-order chi connectivity index (χ1) is 13.7. The zero-order valence-electron chi connectivity index (χ0n) is 16.0. The van der Waals surface area contributed by atoms with Crippen molar-refractivity contribution in [1.29, 1.82) is 0 Å². The van der Waals surface area contributed by atoms with Crippen molar-refractivity contribution in [3.05, 3.63) is 41.7 Å². The standard InChI is InChI=1S/C20H24FN5O2/c1-28-17-5-4-15(14-16(17)21)20(27)26-12-10-25(11-13-26)19-7-6-18(22-23-19)24-8-2-3-9-24/h4-7,14H,2-3,8-13H2,1H3. The summed E-state index contributed by atoms with van der Waals surface area (Å²) in [6, 6.07) is 8.33. The second-order valence-corrected chi connectivity index (χ2v) is 7.07. The molecule has 2 saturated heterocycles. The van der Waals surface area contributed by atoms with E-state index in [1.165, 1.54) is 32.1 Å². The highest BCUT2D eigenvalue weighted by Crippen LogP contribution is 2.22. The topological polar surface area (TPSA) is 61.8 Å². The number of ether oxygens (including phenoxy) is 1. The average Bonchev–Trinajstić information content (AvgIpc) is 3.28. The Hall–Kier alpha value is -2.90. The molecule has 0 radical (unpaired) electrons. The summed E-state index contributed by atoms with van der Waals surface area (Å²) >= 11 is 0. The van der Waals surface area contributed by atoms with Gasteiger partial charge in [-0.2, -0.15) is 0 Å².